The lowest BCUT2D eigenvalue weighted by Crippen LogP contribution is -2.32. The molecule has 0 saturated heterocycles. The van der Waals surface area contributed by atoms with Crippen LogP contribution in [0.2, 0.25) is 10.0 Å². The van der Waals surface area contributed by atoms with Gasteiger partial charge in [-0.25, -0.2) is 0 Å². The minimum atomic E-state index is -0.226. The van der Waals surface area contributed by atoms with Crippen LogP contribution in [0.25, 0.3) is 0 Å². The van der Waals surface area contributed by atoms with E-state index in [1.54, 1.807) is 36.4 Å². The van der Waals surface area contributed by atoms with Gasteiger partial charge in [-0.3, -0.25) is 9.59 Å². The second-order valence-corrected chi connectivity index (χ2v) is 6.08. The fourth-order valence-electron chi connectivity index (χ4n) is 2.30. The van der Waals surface area contributed by atoms with E-state index in [1.807, 2.05) is 6.07 Å². The number of halogens is 2. The second-order valence-electron chi connectivity index (χ2n) is 5.27. The minimum Gasteiger partial charge on any atom is -0.495 e. The van der Waals surface area contributed by atoms with E-state index in [4.69, 9.17) is 27.9 Å². The number of rotatable bonds is 6. The smallest absolute Gasteiger partial charge is 0.226 e. The van der Waals surface area contributed by atoms with Crippen molar-refractivity contribution in [2.45, 2.75) is 13.3 Å². The average molecular weight is 381 g/mol. The van der Waals surface area contributed by atoms with Gasteiger partial charge >= 0.3 is 0 Å². The summed E-state index contributed by atoms with van der Waals surface area (Å²) in [5.41, 5.74) is 1.17. The van der Waals surface area contributed by atoms with Gasteiger partial charge < -0.3 is 15.0 Å². The Morgan fingerprint density at radius 2 is 1.84 bits per heavy atom. The third-order valence-corrected chi connectivity index (χ3v) is 4.28. The highest BCUT2D eigenvalue weighted by atomic mass is 35.5. The largest absolute Gasteiger partial charge is 0.495 e. The molecule has 0 atom stereocenters. The second kappa shape index (κ2) is 8.74. The molecule has 2 rings (SSSR count). The number of anilines is 2. The minimum absolute atomic E-state index is 0.123. The highest BCUT2D eigenvalue weighted by molar-refractivity contribution is 6.42. The van der Waals surface area contributed by atoms with Crippen molar-refractivity contribution in [2.75, 3.05) is 23.9 Å². The molecule has 7 heteroatoms. The molecule has 0 bridgehead atoms. The van der Waals surface area contributed by atoms with Gasteiger partial charge in [0.15, 0.2) is 0 Å². The first kappa shape index (κ1) is 19.1. The van der Waals surface area contributed by atoms with Crippen LogP contribution in [0.5, 0.6) is 5.75 Å². The molecular formula is C18H18Cl2N2O3. The number of carbonyl (C=O) groups is 2. The van der Waals surface area contributed by atoms with Crippen molar-refractivity contribution in [3.05, 3.63) is 52.5 Å². The van der Waals surface area contributed by atoms with Crippen molar-refractivity contribution < 1.29 is 14.3 Å². The third kappa shape index (κ3) is 5.11. The summed E-state index contributed by atoms with van der Waals surface area (Å²) in [4.78, 5) is 25.6. The quantitative estimate of drug-likeness (QED) is 0.808. The van der Waals surface area contributed by atoms with E-state index in [0.717, 1.165) is 0 Å². The van der Waals surface area contributed by atoms with Crippen molar-refractivity contribution in [3.8, 4) is 5.75 Å². The molecule has 0 spiro atoms. The number of para-hydroxylation sites is 2. The van der Waals surface area contributed by atoms with E-state index >= 15 is 0 Å². The summed E-state index contributed by atoms with van der Waals surface area (Å²) in [6.45, 7) is 1.65. The maximum atomic E-state index is 12.2. The van der Waals surface area contributed by atoms with Crippen LogP contribution in [0, 0.1) is 0 Å². The molecule has 132 valence electrons. The highest BCUT2D eigenvalue weighted by Crippen LogP contribution is 2.28. The normalized spacial score (nSPS) is 10.2. The molecule has 25 heavy (non-hydrogen) atoms. The van der Waals surface area contributed by atoms with Crippen molar-refractivity contribution >= 4 is 46.4 Å². The number of amides is 2. The van der Waals surface area contributed by atoms with Gasteiger partial charge in [0.25, 0.3) is 0 Å². The number of benzene rings is 2. The van der Waals surface area contributed by atoms with E-state index < -0.39 is 0 Å². The van der Waals surface area contributed by atoms with Crippen molar-refractivity contribution in [1.29, 1.82) is 0 Å². The van der Waals surface area contributed by atoms with Crippen LogP contribution in [-0.4, -0.2) is 25.5 Å². The first-order chi connectivity index (χ1) is 11.9. The Bertz CT molecular complexity index is 781. The molecule has 2 aromatic rings. The predicted octanol–water partition coefficient (Wildman–Crippen LogP) is 4.38. The number of methoxy groups -OCH3 is 1. The van der Waals surface area contributed by atoms with E-state index in [1.165, 1.54) is 18.9 Å². The van der Waals surface area contributed by atoms with Crippen LogP contribution >= 0.6 is 23.2 Å². The molecule has 5 nitrogen and oxygen atoms in total. The van der Waals surface area contributed by atoms with E-state index in [0.29, 0.717) is 27.2 Å². The van der Waals surface area contributed by atoms with Gasteiger partial charge in [0.2, 0.25) is 11.8 Å². The molecule has 0 saturated carbocycles. The predicted molar refractivity (Wildman–Crippen MR) is 101 cm³/mol. The SMILES string of the molecule is COc1ccccc1NC(=O)CCN(C(C)=O)c1ccc(Cl)c(Cl)c1. The van der Waals surface area contributed by atoms with Gasteiger partial charge in [0, 0.05) is 25.6 Å². The number of nitrogens with one attached hydrogen (secondary N) is 1. The van der Waals surface area contributed by atoms with Gasteiger partial charge in [-0.05, 0) is 30.3 Å². The fraction of sp³-hybridized carbons (Fsp3) is 0.222. The molecule has 0 unspecified atom stereocenters. The number of hydrogen-bond donors (Lipinski definition) is 1. The Balaban J connectivity index is 2.04. The Labute approximate surface area is 156 Å². The lowest BCUT2D eigenvalue weighted by molar-refractivity contribution is -0.117. The molecule has 2 amide bonds. The number of nitrogens with zero attached hydrogens (tertiary/aromatic N) is 1. The first-order valence-corrected chi connectivity index (χ1v) is 8.34. The molecule has 1 N–H and O–H groups in total. The summed E-state index contributed by atoms with van der Waals surface area (Å²) >= 11 is 11.9. The summed E-state index contributed by atoms with van der Waals surface area (Å²) in [7, 11) is 1.53. The van der Waals surface area contributed by atoms with Crippen molar-refractivity contribution in [2.24, 2.45) is 0 Å². The summed E-state index contributed by atoms with van der Waals surface area (Å²) in [5.74, 6) is 0.156. The Morgan fingerprint density at radius 1 is 1.12 bits per heavy atom. The van der Waals surface area contributed by atoms with Crippen LogP contribution in [0.3, 0.4) is 0 Å². The van der Waals surface area contributed by atoms with Crippen molar-refractivity contribution in [1.82, 2.24) is 0 Å². The summed E-state index contributed by atoms with van der Waals surface area (Å²) < 4.78 is 5.20. The lowest BCUT2D eigenvalue weighted by atomic mass is 10.2. The van der Waals surface area contributed by atoms with Gasteiger partial charge in [-0.2, -0.15) is 0 Å². The van der Waals surface area contributed by atoms with E-state index in [-0.39, 0.29) is 24.8 Å². The Kier molecular flexibility index (Phi) is 6.67. The molecule has 0 aliphatic heterocycles. The zero-order valence-corrected chi connectivity index (χ0v) is 15.4. The van der Waals surface area contributed by atoms with Crippen LogP contribution in [0.1, 0.15) is 13.3 Å². The van der Waals surface area contributed by atoms with Gasteiger partial charge in [0.1, 0.15) is 5.75 Å². The third-order valence-electron chi connectivity index (χ3n) is 3.54. The van der Waals surface area contributed by atoms with Crippen LogP contribution < -0.4 is 15.0 Å². The van der Waals surface area contributed by atoms with Gasteiger partial charge in [-0.15, -0.1) is 0 Å². The molecule has 0 aliphatic carbocycles. The van der Waals surface area contributed by atoms with Crippen LogP contribution in [0.4, 0.5) is 11.4 Å². The standard InChI is InChI=1S/C18H18Cl2N2O3/c1-12(23)22(13-7-8-14(19)15(20)11-13)10-9-18(24)21-16-5-3-4-6-17(16)25-2/h3-8,11H,9-10H2,1-2H3,(H,21,24). The monoisotopic (exact) mass is 380 g/mol. The summed E-state index contributed by atoms with van der Waals surface area (Å²) in [6.07, 6.45) is 0.123. The lowest BCUT2D eigenvalue weighted by Gasteiger charge is -2.21. The zero-order chi connectivity index (χ0) is 18.4. The molecule has 0 heterocycles. The van der Waals surface area contributed by atoms with Gasteiger partial charge in [-0.1, -0.05) is 35.3 Å². The first-order valence-electron chi connectivity index (χ1n) is 7.58. The van der Waals surface area contributed by atoms with Crippen LogP contribution in [0.15, 0.2) is 42.5 Å². The molecule has 0 radical (unpaired) electrons. The maximum absolute atomic E-state index is 12.2. The number of carbonyl (C=O) groups excluding carboxylic acids is 2. The van der Waals surface area contributed by atoms with Crippen molar-refractivity contribution in [3.63, 3.8) is 0 Å². The average Bonchev–Trinajstić information content (AvgIpc) is 2.58. The molecule has 0 aliphatic rings. The van der Waals surface area contributed by atoms with Gasteiger partial charge in [0.05, 0.1) is 22.8 Å². The molecular weight excluding hydrogens is 363 g/mol. The van der Waals surface area contributed by atoms with Crippen LogP contribution in [-0.2, 0) is 9.59 Å². The summed E-state index contributed by atoms with van der Waals surface area (Å²) in [5, 5.41) is 3.53. The summed E-state index contributed by atoms with van der Waals surface area (Å²) in [6, 6.07) is 12.0. The topological polar surface area (TPSA) is 58.6 Å². The molecule has 0 fully saturated rings. The Hall–Kier alpha value is -2.24. The van der Waals surface area contributed by atoms with E-state index in [2.05, 4.69) is 5.32 Å². The molecule has 2 aromatic carbocycles. The molecule has 0 aromatic heterocycles. The number of ether oxygens (including phenoxy) is 1. The fourth-order valence-corrected chi connectivity index (χ4v) is 2.59. The Morgan fingerprint density at radius 3 is 2.48 bits per heavy atom. The van der Waals surface area contributed by atoms with E-state index in [9.17, 15) is 9.59 Å². The number of hydrogen-bond acceptors (Lipinski definition) is 3. The zero-order valence-electron chi connectivity index (χ0n) is 13.9. The maximum Gasteiger partial charge on any atom is 0.226 e. The highest BCUT2D eigenvalue weighted by Gasteiger charge is 2.15.